The zero-order valence-electron chi connectivity index (χ0n) is 18.9. The number of methoxy groups -OCH3 is 1. The molecule has 3 rings (SSSR count). The number of aliphatic carboxylic acids is 1. The highest BCUT2D eigenvalue weighted by atomic mass is 16.5. The van der Waals surface area contributed by atoms with Gasteiger partial charge in [0.2, 0.25) is 0 Å². The van der Waals surface area contributed by atoms with Crippen molar-refractivity contribution in [3.63, 3.8) is 0 Å². The van der Waals surface area contributed by atoms with Crippen molar-refractivity contribution >= 4 is 29.3 Å². The minimum atomic E-state index is -1.11. The molecule has 0 aliphatic carbocycles. The first-order valence-corrected chi connectivity index (χ1v) is 10.7. The number of ether oxygens (including phenoxy) is 1. The first-order valence-electron chi connectivity index (χ1n) is 10.7. The number of pyridine rings is 1. The molecule has 0 aliphatic rings. The fourth-order valence-corrected chi connectivity index (χ4v) is 3.47. The predicted octanol–water partition coefficient (Wildman–Crippen LogP) is 2.54. The van der Waals surface area contributed by atoms with Crippen molar-refractivity contribution in [2.45, 2.75) is 32.7 Å². The van der Waals surface area contributed by atoms with E-state index in [-0.39, 0.29) is 13.0 Å². The first-order chi connectivity index (χ1) is 15.8. The summed E-state index contributed by atoms with van der Waals surface area (Å²) in [5, 5.41) is 15.2. The van der Waals surface area contributed by atoms with E-state index in [1.807, 2.05) is 30.3 Å². The number of aromatic nitrogens is 2. The molecular formula is C24H28N4O5. The minimum Gasteiger partial charge on any atom is -0.480 e. The standard InChI is InChI=1S/C24H28N4O5/c1-15(2)11-18-22(25-14-21(29)33-3)28-10-9-17(13-20(28)26-18)23(30)27-19(24(31)32)12-16-7-5-4-6-8-16/h4-10,13,15,19,25H,11-12,14H2,1-3H3,(H,27,30)(H,31,32). The third kappa shape index (κ3) is 6.09. The van der Waals surface area contributed by atoms with Gasteiger partial charge in [-0.2, -0.15) is 0 Å². The average molecular weight is 453 g/mol. The Morgan fingerprint density at radius 3 is 2.48 bits per heavy atom. The maximum absolute atomic E-state index is 12.8. The van der Waals surface area contributed by atoms with E-state index in [0.717, 1.165) is 11.3 Å². The number of esters is 1. The Morgan fingerprint density at radius 2 is 1.85 bits per heavy atom. The van der Waals surface area contributed by atoms with Gasteiger partial charge in [-0.15, -0.1) is 0 Å². The summed E-state index contributed by atoms with van der Waals surface area (Å²) in [7, 11) is 1.32. The van der Waals surface area contributed by atoms with E-state index in [1.165, 1.54) is 7.11 Å². The Balaban J connectivity index is 1.84. The molecule has 3 N–H and O–H groups in total. The van der Waals surface area contributed by atoms with Crippen molar-refractivity contribution in [1.82, 2.24) is 14.7 Å². The van der Waals surface area contributed by atoms with Gasteiger partial charge in [0.05, 0.1) is 12.8 Å². The van der Waals surface area contributed by atoms with Gasteiger partial charge in [-0.25, -0.2) is 9.78 Å². The summed E-state index contributed by atoms with van der Waals surface area (Å²) in [4.78, 5) is 40.8. The lowest BCUT2D eigenvalue weighted by atomic mass is 10.1. The number of nitrogens with zero attached hydrogens (tertiary/aromatic N) is 2. The van der Waals surface area contributed by atoms with E-state index >= 15 is 0 Å². The molecule has 0 bridgehead atoms. The average Bonchev–Trinajstić information content (AvgIpc) is 3.12. The van der Waals surface area contributed by atoms with Crippen molar-refractivity contribution in [1.29, 1.82) is 0 Å². The van der Waals surface area contributed by atoms with E-state index in [4.69, 9.17) is 4.74 Å². The van der Waals surface area contributed by atoms with Crippen LogP contribution in [0.3, 0.4) is 0 Å². The van der Waals surface area contributed by atoms with Gasteiger partial charge in [0.25, 0.3) is 5.91 Å². The molecule has 1 aromatic carbocycles. The summed E-state index contributed by atoms with van der Waals surface area (Å²) < 4.78 is 6.46. The molecule has 174 valence electrons. The zero-order chi connectivity index (χ0) is 24.0. The molecule has 0 radical (unpaired) electrons. The number of hydrogen-bond acceptors (Lipinski definition) is 6. The van der Waals surface area contributed by atoms with E-state index in [0.29, 0.717) is 29.4 Å². The molecule has 33 heavy (non-hydrogen) atoms. The number of hydrogen-bond donors (Lipinski definition) is 3. The number of rotatable bonds is 10. The van der Waals surface area contributed by atoms with Crippen LogP contribution >= 0.6 is 0 Å². The Hall–Kier alpha value is -3.88. The van der Waals surface area contributed by atoms with Crippen molar-refractivity contribution in [2.75, 3.05) is 19.0 Å². The summed E-state index contributed by atoms with van der Waals surface area (Å²) >= 11 is 0. The summed E-state index contributed by atoms with van der Waals surface area (Å²) in [6.07, 6.45) is 2.52. The van der Waals surface area contributed by atoms with Crippen molar-refractivity contribution in [3.8, 4) is 0 Å². The number of carbonyl (C=O) groups is 3. The molecule has 9 nitrogen and oxygen atoms in total. The molecule has 1 amide bonds. The highest BCUT2D eigenvalue weighted by Crippen LogP contribution is 2.22. The highest BCUT2D eigenvalue weighted by Gasteiger charge is 2.22. The van der Waals surface area contributed by atoms with Crippen LogP contribution < -0.4 is 10.6 Å². The Bertz CT molecular complexity index is 1140. The van der Waals surface area contributed by atoms with Crippen molar-refractivity contribution in [3.05, 3.63) is 65.5 Å². The molecule has 0 spiro atoms. The highest BCUT2D eigenvalue weighted by molar-refractivity contribution is 5.97. The van der Waals surface area contributed by atoms with Gasteiger partial charge in [0, 0.05) is 18.2 Å². The number of amides is 1. The first kappa shape index (κ1) is 23.8. The third-order valence-electron chi connectivity index (χ3n) is 5.08. The van der Waals surface area contributed by atoms with E-state index in [2.05, 4.69) is 29.5 Å². The lowest BCUT2D eigenvalue weighted by Crippen LogP contribution is -2.42. The Morgan fingerprint density at radius 1 is 1.12 bits per heavy atom. The van der Waals surface area contributed by atoms with Crippen LogP contribution in [0.2, 0.25) is 0 Å². The third-order valence-corrected chi connectivity index (χ3v) is 5.08. The van der Waals surface area contributed by atoms with Crippen LogP contribution in [-0.2, 0) is 27.2 Å². The van der Waals surface area contributed by atoms with Gasteiger partial charge < -0.3 is 20.5 Å². The smallest absolute Gasteiger partial charge is 0.326 e. The number of imidazole rings is 1. The SMILES string of the molecule is COC(=O)CNc1c(CC(C)C)nc2cc(C(=O)NC(Cc3ccccc3)C(=O)O)ccn12. The van der Waals surface area contributed by atoms with E-state index in [9.17, 15) is 19.5 Å². The fraction of sp³-hybridized carbons (Fsp3) is 0.333. The van der Waals surface area contributed by atoms with Crippen molar-refractivity contribution in [2.24, 2.45) is 5.92 Å². The molecule has 0 saturated carbocycles. The molecule has 1 unspecified atom stereocenters. The number of fused-ring (bicyclic) bond motifs is 1. The summed E-state index contributed by atoms with van der Waals surface area (Å²) in [6, 6.07) is 11.3. The van der Waals surface area contributed by atoms with Crippen LogP contribution in [0.4, 0.5) is 5.82 Å². The van der Waals surface area contributed by atoms with Crippen molar-refractivity contribution < 1.29 is 24.2 Å². The van der Waals surface area contributed by atoms with Gasteiger partial charge in [-0.3, -0.25) is 14.0 Å². The maximum atomic E-state index is 12.8. The van der Waals surface area contributed by atoms with Crippen LogP contribution in [-0.4, -0.2) is 52.0 Å². The predicted molar refractivity (Wildman–Crippen MR) is 123 cm³/mol. The summed E-state index contributed by atoms with van der Waals surface area (Å²) in [6.45, 7) is 4.11. The maximum Gasteiger partial charge on any atom is 0.326 e. The van der Waals surface area contributed by atoms with Crippen LogP contribution in [0.5, 0.6) is 0 Å². The Kier molecular flexibility index (Phi) is 7.66. The fourth-order valence-electron chi connectivity index (χ4n) is 3.47. The second-order valence-electron chi connectivity index (χ2n) is 8.13. The molecular weight excluding hydrogens is 424 g/mol. The van der Waals surface area contributed by atoms with Gasteiger partial charge in [-0.1, -0.05) is 44.2 Å². The molecule has 2 heterocycles. The monoisotopic (exact) mass is 452 g/mol. The quantitative estimate of drug-likeness (QED) is 0.404. The van der Waals surface area contributed by atoms with Gasteiger partial charge in [0.15, 0.2) is 0 Å². The van der Waals surface area contributed by atoms with Gasteiger partial charge in [-0.05, 0) is 30.0 Å². The second kappa shape index (κ2) is 10.6. The zero-order valence-corrected chi connectivity index (χ0v) is 18.9. The molecule has 0 saturated heterocycles. The largest absolute Gasteiger partial charge is 0.480 e. The van der Waals surface area contributed by atoms with E-state index in [1.54, 1.807) is 22.7 Å². The normalized spacial score (nSPS) is 11.9. The number of benzene rings is 1. The molecule has 1 atom stereocenters. The van der Waals surface area contributed by atoms with Crippen LogP contribution in [0.15, 0.2) is 48.7 Å². The molecule has 2 aromatic heterocycles. The number of carboxylic acids is 1. The lowest BCUT2D eigenvalue weighted by Gasteiger charge is -2.15. The van der Waals surface area contributed by atoms with Crippen LogP contribution in [0.1, 0.15) is 35.5 Å². The minimum absolute atomic E-state index is 0.0165. The number of carboxylic acid groups (broad SMARTS) is 1. The lowest BCUT2D eigenvalue weighted by molar-refractivity contribution is -0.139. The molecule has 3 aromatic rings. The topological polar surface area (TPSA) is 122 Å². The number of carbonyl (C=O) groups excluding carboxylic acids is 2. The Labute approximate surface area is 191 Å². The van der Waals surface area contributed by atoms with Gasteiger partial charge in [0.1, 0.15) is 24.1 Å². The number of nitrogens with one attached hydrogen (secondary N) is 2. The van der Waals surface area contributed by atoms with E-state index < -0.39 is 23.9 Å². The summed E-state index contributed by atoms with van der Waals surface area (Å²) in [5.41, 5.74) is 2.38. The molecule has 0 fully saturated rings. The van der Waals surface area contributed by atoms with Crippen LogP contribution in [0.25, 0.3) is 5.65 Å². The second-order valence-corrected chi connectivity index (χ2v) is 8.13. The number of anilines is 1. The molecule has 9 heteroatoms. The molecule has 0 aliphatic heterocycles. The summed E-state index contributed by atoms with van der Waals surface area (Å²) in [5.74, 6) is -1.04. The van der Waals surface area contributed by atoms with Gasteiger partial charge >= 0.3 is 11.9 Å². The van der Waals surface area contributed by atoms with Crippen LogP contribution in [0, 0.1) is 5.92 Å².